The van der Waals surface area contributed by atoms with Crippen LogP contribution in [0.25, 0.3) is 0 Å². The lowest BCUT2D eigenvalue weighted by molar-refractivity contribution is -0.931. The molecule has 0 aromatic heterocycles. The minimum Gasteiger partial charge on any atom is -0.462 e. The van der Waals surface area contributed by atoms with Crippen molar-refractivity contribution in [3.63, 3.8) is 0 Å². The van der Waals surface area contributed by atoms with E-state index in [1.54, 1.807) is 6.92 Å². The molecule has 0 saturated carbocycles. The molecular weight excluding hydrogens is 417 g/mol. The van der Waals surface area contributed by atoms with E-state index in [1.807, 2.05) is 0 Å². The van der Waals surface area contributed by atoms with Crippen LogP contribution in [0.4, 0.5) is 0 Å². The van der Waals surface area contributed by atoms with Crippen molar-refractivity contribution in [1.82, 2.24) is 0 Å². The maximum atomic E-state index is 11.6. The zero-order valence-electron chi connectivity index (χ0n) is 20.3. The van der Waals surface area contributed by atoms with E-state index in [0.717, 1.165) is 75.5 Å². The zero-order valence-corrected chi connectivity index (χ0v) is 21.2. The largest absolute Gasteiger partial charge is 0.470 e. The molecule has 0 aliphatic heterocycles. The van der Waals surface area contributed by atoms with Crippen LogP contribution >= 0.6 is 7.82 Å². The van der Waals surface area contributed by atoms with Crippen molar-refractivity contribution in [3.05, 3.63) is 12.2 Å². The van der Waals surface area contributed by atoms with Gasteiger partial charge in [-0.15, -0.1) is 0 Å². The zero-order chi connectivity index (χ0) is 23.8. The van der Waals surface area contributed by atoms with Crippen LogP contribution < -0.4 is 0 Å². The third-order valence-electron chi connectivity index (χ3n) is 5.59. The highest BCUT2D eigenvalue weighted by Gasteiger charge is 2.33. The average Bonchev–Trinajstić information content (AvgIpc) is 2.69. The van der Waals surface area contributed by atoms with Gasteiger partial charge in [0.2, 0.25) is 0 Å². The van der Waals surface area contributed by atoms with Crippen molar-refractivity contribution < 1.29 is 32.9 Å². The van der Waals surface area contributed by atoms with E-state index in [0.29, 0.717) is 31.6 Å². The summed E-state index contributed by atoms with van der Waals surface area (Å²) in [7, 11) is -4.56. The van der Waals surface area contributed by atoms with E-state index in [-0.39, 0.29) is 5.97 Å². The number of carbonyl (C=O) groups is 1. The quantitative estimate of drug-likeness (QED) is 0.0828. The summed E-state index contributed by atoms with van der Waals surface area (Å²) in [4.78, 5) is 30.4. The van der Waals surface area contributed by atoms with Crippen LogP contribution in [0.5, 0.6) is 0 Å². The van der Waals surface area contributed by atoms with Gasteiger partial charge in [-0.25, -0.2) is 9.36 Å². The highest BCUT2D eigenvalue weighted by Crippen LogP contribution is 2.39. The van der Waals surface area contributed by atoms with Gasteiger partial charge < -0.3 is 19.0 Å². The van der Waals surface area contributed by atoms with Gasteiger partial charge in [0, 0.05) is 5.57 Å². The minimum absolute atomic E-state index is 0.333. The molecule has 184 valence electrons. The standard InChI is InChI=1S/C23H46NO6P/c1-6-9-16-24(17-10-7-2,18-11-8-3)20-22(30-31(26,27)28)15-13-12-14-19-29-23(25)21(4)5/h22H,4,6-20H2,1-3,5H3,(H-,26,27,28)/p+1. The molecule has 0 saturated heterocycles. The Morgan fingerprint density at radius 3 is 1.87 bits per heavy atom. The summed E-state index contributed by atoms with van der Waals surface area (Å²) in [5, 5.41) is 0. The number of hydrogen-bond acceptors (Lipinski definition) is 4. The molecule has 0 heterocycles. The van der Waals surface area contributed by atoms with Crippen molar-refractivity contribution in [2.75, 3.05) is 32.8 Å². The summed E-state index contributed by atoms with van der Waals surface area (Å²) in [6.45, 7) is 15.7. The van der Waals surface area contributed by atoms with Gasteiger partial charge in [0.15, 0.2) is 0 Å². The fourth-order valence-corrected chi connectivity index (χ4v) is 4.39. The molecule has 0 aliphatic carbocycles. The van der Waals surface area contributed by atoms with E-state index in [2.05, 4.69) is 27.4 Å². The van der Waals surface area contributed by atoms with Gasteiger partial charge in [0.05, 0.1) is 26.2 Å². The molecule has 0 aliphatic rings. The van der Waals surface area contributed by atoms with Gasteiger partial charge in [0.25, 0.3) is 0 Å². The molecule has 7 nitrogen and oxygen atoms in total. The van der Waals surface area contributed by atoms with Crippen LogP contribution in [0.2, 0.25) is 0 Å². The van der Waals surface area contributed by atoms with Gasteiger partial charge in [-0.1, -0.05) is 53.0 Å². The summed E-state index contributed by atoms with van der Waals surface area (Å²) in [5.41, 5.74) is 0.385. The monoisotopic (exact) mass is 464 g/mol. The smallest absolute Gasteiger partial charge is 0.462 e. The van der Waals surface area contributed by atoms with Gasteiger partial charge in [-0.2, -0.15) is 0 Å². The summed E-state index contributed by atoms with van der Waals surface area (Å²) in [6, 6.07) is 0. The molecule has 1 atom stereocenters. The van der Waals surface area contributed by atoms with E-state index in [4.69, 9.17) is 9.26 Å². The van der Waals surface area contributed by atoms with E-state index < -0.39 is 13.9 Å². The molecule has 0 spiro atoms. The third-order valence-corrected chi connectivity index (χ3v) is 6.16. The van der Waals surface area contributed by atoms with Crippen LogP contribution in [0.15, 0.2) is 12.2 Å². The number of carbonyl (C=O) groups excluding carboxylic acids is 1. The highest BCUT2D eigenvalue weighted by atomic mass is 31.2. The first-order valence-corrected chi connectivity index (χ1v) is 13.5. The lowest BCUT2D eigenvalue weighted by atomic mass is 10.1. The first-order chi connectivity index (χ1) is 14.6. The topological polar surface area (TPSA) is 93.1 Å². The van der Waals surface area contributed by atoms with Crippen LogP contribution in [-0.4, -0.2) is 59.1 Å². The Hall–Kier alpha value is -0.720. The van der Waals surface area contributed by atoms with Gasteiger partial charge in [-0.05, 0) is 45.4 Å². The molecular formula is C23H47NO6P+. The molecule has 0 rings (SSSR count). The van der Waals surface area contributed by atoms with Crippen LogP contribution in [-0.2, 0) is 18.6 Å². The molecule has 0 radical (unpaired) electrons. The Kier molecular flexibility index (Phi) is 16.5. The Morgan fingerprint density at radius 1 is 0.935 bits per heavy atom. The molecule has 0 amide bonds. The van der Waals surface area contributed by atoms with Gasteiger partial charge in [-0.3, -0.25) is 4.52 Å². The molecule has 2 N–H and O–H groups in total. The number of phosphoric ester groups is 1. The maximum Gasteiger partial charge on any atom is 0.470 e. The fourth-order valence-electron chi connectivity index (χ4n) is 3.83. The molecule has 31 heavy (non-hydrogen) atoms. The number of unbranched alkanes of at least 4 members (excludes halogenated alkanes) is 5. The Bertz CT molecular complexity index is 526. The number of esters is 1. The normalized spacial score (nSPS) is 13.2. The Balaban J connectivity index is 5.03. The van der Waals surface area contributed by atoms with Crippen molar-refractivity contribution in [3.8, 4) is 0 Å². The summed E-state index contributed by atoms with van der Waals surface area (Å²) in [6.07, 6.45) is 9.01. The molecule has 0 bridgehead atoms. The first-order valence-electron chi connectivity index (χ1n) is 12.0. The number of rotatable bonds is 20. The summed E-state index contributed by atoms with van der Waals surface area (Å²) >= 11 is 0. The van der Waals surface area contributed by atoms with Crippen LogP contribution in [0.3, 0.4) is 0 Å². The second kappa shape index (κ2) is 16.8. The van der Waals surface area contributed by atoms with Crippen molar-refractivity contribution >= 4 is 13.8 Å². The predicted molar refractivity (Wildman–Crippen MR) is 126 cm³/mol. The number of hydrogen-bond donors (Lipinski definition) is 2. The number of phosphoric acid groups is 1. The number of quaternary nitrogens is 1. The molecule has 1 unspecified atom stereocenters. The number of ether oxygens (including phenoxy) is 1. The second-order valence-electron chi connectivity index (χ2n) is 8.74. The predicted octanol–water partition coefficient (Wildman–Crippen LogP) is 5.36. The minimum atomic E-state index is -4.56. The van der Waals surface area contributed by atoms with Crippen LogP contribution in [0.1, 0.15) is 91.9 Å². The fraction of sp³-hybridized carbons (Fsp3) is 0.870. The Morgan fingerprint density at radius 2 is 1.45 bits per heavy atom. The summed E-state index contributed by atoms with van der Waals surface area (Å²) < 4.78 is 22.9. The molecule has 0 aromatic rings. The lowest BCUT2D eigenvalue weighted by Crippen LogP contribution is -2.54. The van der Waals surface area contributed by atoms with E-state index >= 15 is 0 Å². The van der Waals surface area contributed by atoms with Gasteiger partial charge >= 0.3 is 13.8 Å². The maximum absolute atomic E-state index is 11.6. The van der Waals surface area contributed by atoms with E-state index in [9.17, 15) is 19.1 Å². The molecule has 0 fully saturated rings. The van der Waals surface area contributed by atoms with E-state index in [1.165, 1.54) is 0 Å². The van der Waals surface area contributed by atoms with Crippen LogP contribution in [0, 0.1) is 0 Å². The summed E-state index contributed by atoms with van der Waals surface area (Å²) in [5.74, 6) is -0.382. The number of nitrogens with zero attached hydrogens (tertiary/aromatic N) is 1. The lowest BCUT2D eigenvalue weighted by Gasteiger charge is -2.41. The van der Waals surface area contributed by atoms with Crippen molar-refractivity contribution in [2.24, 2.45) is 0 Å². The molecule has 0 aromatic carbocycles. The van der Waals surface area contributed by atoms with Crippen molar-refractivity contribution in [2.45, 2.75) is 98.0 Å². The average molecular weight is 465 g/mol. The Labute approximate surface area is 190 Å². The highest BCUT2D eigenvalue weighted by molar-refractivity contribution is 7.46. The van der Waals surface area contributed by atoms with Gasteiger partial charge in [0.1, 0.15) is 12.6 Å². The molecule has 8 heteroatoms. The second-order valence-corrected chi connectivity index (χ2v) is 9.93. The first kappa shape index (κ1) is 30.3. The SMILES string of the molecule is C=C(C)C(=O)OCCCCCC(C[N+](CCCC)(CCCC)CCCC)OP(=O)(O)O. The van der Waals surface area contributed by atoms with Crippen molar-refractivity contribution in [1.29, 1.82) is 0 Å². The third kappa shape index (κ3) is 15.7.